The summed E-state index contributed by atoms with van der Waals surface area (Å²) in [5.41, 5.74) is 2.14. The SMILES string of the molecule is S=C(S)N(Cc1ccccc1)c1cccnc1. The van der Waals surface area contributed by atoms with E-state index in [0.29, 0.717) is 10.9 Å². The van der Waals surface area contributed by atoms with Crippen LogP contribution in [-0.2, 0) is 6.54 Å². The monoisotopic (exact) mass is 260 g/mol. The number of nitrogens with zero attached hydrogens (tertiary/aromatic N) is 2. The number of anilines is 1. The van der Waals surface area contributed by atoms with Gasteiger partial charge in [0.25, 0.3) is 0 Å². The maximum Gasteiger partial charge on any atom is 0.138 e. The quantitative estimate of drug-likeness (QED) is 0.674. The molecular weight excluding hydrogens is 248 g/mol. The molecule has 0 N–H and O–H groups in total. The lowest BCUT2D eigenvalue weighted by molar-refractivity contribution is 1.02. The Morgan fingerprint density at radius 1 is 1.18 bits per heavy atom. The van der Waals surface area contributed by atoms with Gasteiger partial charge < -0.3 is 4.90 Å². The number of thiocarbonyl (C=S) groups is 1. The van der Waals surface area contributed by atoms with E-state index in [0.717, 1.165) is 5.69 Å². The van der Waals surface area contributed by atoms with Crippen LogP contribution in [0.25, 0.3) is 0 Å². The van der Waals surface area contributed by atoms with E-state index in [1.165, 1.54) is 5.56 Å². The molecule has 0 unspecified atom stereocenters. The molecule has 0 saturated carbocycles. The van der Waals surface area contributed by atoms with Crippen LogP contribution in [0.5, 0.6) is 0 Å². The molecule has 0 spiro atoms. The second-order valence-electron chi connectivity index (χ2n) is 3.57. The Morgan fingerprint density at radius 3 is 2.53 bits per heavy atom. The fourth-order valence-electron chi connectivity index (χ4n) is 1.55. The van der Waals surface area contributed by atoms with Crippen molar-refractivity contribution in [3.8, 4) is 0 Å². The Morgan fingerprint density at radius 2 is 1.94 bits per heavy atom. The number of thiol groups is 1. The molecule has 1 aromatic carbocycles. The standard InChI is InChI=1S/C13H12N2S2/c16-13(17)15(12-7-4-8-14-9-12)10-11-5-2-1-3-6-11/h1-9H,10H2,(H,16,17). The molecule has 0 bridgehead atoms. The van der Waals surface area contributed by atoms with Crippen molar-refractivity contribution in [2.45, 2.75) is 6.54 Å². The van der Waals surface area contributed by atoms with E-state index in [1.54, 1.807) is 12.4 Å². The number of hydrogen-bond acceptors (Lipinski definition) is 2. The average Bonchev–Trinajstić information content (AvgIpc) is 2.38. The van der Waals surface area contributed by atoms with Gasteiger partial charge in [-0.25, -0.2) is 0 Å². The molecule has 0 saturated heterocycles. The Bertz CT molecular complexity index is 485. The summed E-state index contributed by atoms with van der Waals surface area (Å²) < 4.78 is 0.543. The lowest BCUT2D eigenvalue weighted by Gasteiger charge is -2.22. The van der Waals surface area contributed by atoms with Gasteiger partial charge in [-0.15, -0.1) is 12.6 Å². The van der Waals surface area contributed by atoms with Crippen molar-refractivity contribution >= 4 is 34.9 Å². The lowest BCUT2D eigenvalue weighted by atomic mass is 10.2. The van der Waals surface area contributed by atoms with Crippen molar-refractivity contribution in [3.05, 3.63) is 60.4 Å². The van der Waals surface area contributed by atoms with Crippen molar-refractivity contribution in [2.75, 3.05) is 4.90 Å². The molecular formula is C13H12N2S2. The Balaban J connectivity index is 2.23. The molecule has 4 heteroatoms. The normalized spacial score (nSPS) is 9.94. The third-order valence-electron chi connectivity index (χ3n) is 2.37. The van der Waals surface area contributed by atoms with Crippen molar-refractivity contribution in [2.24, 2.45) is 0 Å². The van der Waals surface area contributed by atoms with Gasteiger partial charge in [0.15, 0.2) is 0 Å². The molecule has 0 radical (unpaired) electrons. The second-order valence-corrected chi connectivity index (χ2v) is 4.68. The van der Waals surface area contributed by atoms with Crippen molar-refractivity contribution in [1.82, 2.24) is 4.98 Å². The van der Waals surface area contributed by atoms with E-state index in [9.17, 15) is 0 Å². The van der Waals surface area contributed by atoms with Crippen LogP contribution in [0.3, 0.4) is 0 Å². The van der Waals surface area contributed by atoms with Gasteiger partial charge in [0, 0.05) is 12.7 Å². The van der Waals surface area contributed by atoms with E-state index in [-0.39, 0.29) is 0 Å². The third-order valence-corrected chi connectivity index (χ3v) is 2.83. The molecule has 2 nitrogen and oxygen atoms in total. The molecule has 86 valence electrons. The Kier molecular flexibility index (Phi) is 4.12. The van der Waals surface area contributed by atoms with Gasteiger partial charge in [-0.2, -0.15) is 0 Å². The summed E-state index contributed by atoms with van der Waals surface area (Å²) in [6, 6.07) is 14.0. The van der Waals surface area contributed by atoms with E-state index >= 15 is 0 Å². The summed E-state index contributed by atoms with van der Waals surface area (Å²) in [5, 5.41) is 0. The molecule has 17 heavy (non-hydrogen) atoms. The van der Waals surface area contributed by atoms with E-state index in [1.807, 2.05) is 35.2 Å². The largest absolute Gasteiger partial charge is 0.322 e. The van der Waals surface area contributed by atoms with Crippen LogP contribution in [0.2, 0.25) is 0 Å². The summed E-state index contributed by atoms with van der Waals surface area (Å²) in [5.74, 6) is 0. The topological polar surface area (TPSA) is 16.1 Å². The summed E-state index contributed by atoms with van der Waals surface area (Å²) in [6.07, 6.45) is 3.53. The minimum absolute atomic E-state index is 0.543. The minimum atomic E-state index is 0.543. The van der Waals surface area contributed by atoms with Gasteiger partial charge in [0.05, 0.1) is 11.9 Å². The Labute approximate surface area is 112 Å². The lowest BCUT2D eigenvalue weighted by Crippen LogP contribution is -2.24. The van der Waals surface area contributed by atoms with Crippen LogP contribution in [0.15, 0.2) is 54.9 Å². The smallest absolute Gasteiger partial charge is 0.138 e. The van der Waals surface area contributed by atoms with E-state index in [4.69, 9.17) is 12.2 Å². The molecule has 0 aliphatic carbocycles. The second kappa shape index (κ2) is 5.80. The predicted octanol–water partition coefficient (Wildman–Crippen LogP) is 3.30. The van der Waals surface area contributed by atoms with E-state index in [2.05, 4.69) is 29.7 Å². The number of hydrogen-bond donors (Lipinski definition) is 1. The molecule has 0 aliphatic rings. The zero-order chi connectivity index (χ0) is 12.1. The van der Waals surface area contributed by atoms with Crippen LogP contribution in [-0.4, -0.2) is 9.30 Å². The zero-order valence-electron chi connectivity index (χ0n) is 9.15. The molecule has 0 atom stereocenters. The predicted molar refractivity (Wildman–Crippen MR) is 78.4 cm³/mol. The van der Waals surface area contributed by atoms with Gasteiger partial charge in [-0.1, -0.05) is 42.5 Å². The first-order valence-corrected chi connectivity index (χ1v) is 6.07. The highest BCUT2D eigenvalue weighted by atomic mass is 32.1. The summed E-state index contributed by atoms with van der Waals surface area (Å²) in [7, 11) is 0. The minimum Gasteiger partial charge on any atom is -0.322 e. The fourth-order valence-corrected chi connectivity index (χ4v) is 1.90. The molecule has 1 heterocycles. The molecule has 0 amide bonds. The highest BCUT2D eigenvalue weighted by Crippen LogP contribution is 2.17. The highest BCUT2D eigenvalue weighted by Gasteiger charge is 2.09. The van der Waals surface area contributed by atoms with Crippen LogP contribution >= 0.6 is 24.8 Å². The van der Waals surface area contributed by atoms with Crippen molar-refractivity contribution in [1.29, 1.82) is 0 Å². The third kappa shape index (κ3) is 3.28. The number of benzene rings is 1. The summed E-state index contributed by atoms with van der Waals surface area (Å²) in [6.45, 7) is 0.703. The van der Waals surface area contributed by atoms with Crippen LogP contribution in [0.1, 0.15) is 5.56 Å². The first-order valence-electron chi connectivity index (χ1n) is 5.22. The van der Waals surface area contributed by atoms with Gasteiger partial charge in [-0.05, 0) is 17.7 Å². The molecule has 1 aromatic heterocycles. The van der Waals surface area contributed by atoms with Crippen LogP contribution in [0.4, 0.5) is 5.69 Å². The first kappa shape index (κ1) is 12.1. The summed E-state index contributed by atoms with van der Waals surface area (Å²) >= 11 is 9.42. The fraction of sp³-hybridized carbons (Fsp3) is 0.0769. The van der Waals surface area contributed by atoms with Crippen molar-refractivity contribution in [3.63, 3.8) is 0 Å². The molecule has 0 aliphatic heterocycles. The first-order chi connectivity index (χ1) is 8.27. The molecule has 2 rings (SSSR count). The van der Waals surface area contributed by atoms with Gasteiger partial charge >= 0.3 is 0 Å². The van der Waals surface area contributed by atoms with Gasteiger partial charge in [0.1, 0.15) is 4.32 Å². The zero-order valence-corrected chi connectivity index (χ0v) is 10.9. The van der Waals surface area contributed by atoms with Gasteiger partial charge in [0.2, 0.25) is 0 Å². The van der Waals surface area contributed by atoms with Crippen LogP contribution in [0, 0.1) is 0 Å². The van der Waals surface area contributed by atoms with E-state index < -0.39 is 0 Å². The maximum atomic E-state index is 5.16. The number of pyridine rings is 1. The summed E-state index contributed by atoms with van der Waals surface area (Å²) in [4.78, 5) is 6.04. The van der Waals surface area contributed by atoms with Crippen LogP contribution < -0.4 is 4.90 Å². The number of aromatic nitrogens is 1. The Hall–Kier alpha value is -1.39. The number of rotatable bonds is 3. The molecule has 0 fully saturated rings. The molecule has 2 aromatic rings. The maximum absolute atomic E-state index is 5.16. The van der Waals surface area contributed by atoms with Crippen molar-refractivity contribution < 1.29 is 0 Å². The van der Waals surface area contributed by atoms with Gasteiger partial charge in [-0.3, -0.25) is 4.98 Å². The highest BCUT2D eigenvalue weighted by molar-refractivity contribution is 8.11. The average molecular weight is 260 g/mol.